The van der Waals surface area contributed by atoms with Crippen LogP contribution in [0.2, 0.25) is 0 Å². The first-order chi connectivity index (χ1) is 8.38. The van der Waals surface area contributed by atoms with Crippen LogP contribution in [0, 0.1) is 0 Å². The Hall–Kier alpha value is -1.40. The lowest BCUT2D eigenvalue weighted by Gasteiger charge is -2.22. The summed E-state index contributed by atoms with van der Waals surface area (Å²) in [6, 6.07) is 8.28. The van der Waals surface area contributed by atoms with Crippen molar-refractivity contribution in [2.24, 2.45) is 0 Å². The highest BCUT2D eigenvalue weighted by Crippen LogP contribution is 2.08. The van der Waals surface area contributed by atoms with Crippen molar-refractivity contribution in [3.05, 3.63) is 35.9 Å². The maximum Gasteiger partial charge on any atom is 0.264 e. The van der Waals surface area contributed by atoms with Crippen molar-refractivity contribution < 1.29 is 13.2 Å². The minimum absolute atomic E-state index is 0.328. The molecule has 1 aromatic rings. The zero-order chi connectivity index (χ0) is 13.8. The van der Waals surface area contributed by atoms with E-state index in [-0.39, 0.29) is 0 Å². The van der Waals surface area contributed by atoms with Crippen molar-refractivity contribution in [3.8, 4) is 0 Å². The maximum atomic E-state index is 12.0. The van der Waals surface area contributed by atoms with Crippen LogP contribution in [0.3, 0.4) is 0 Å². The highest BCUT2D eigenvalue weighted by Gasteiger charge is 2.27. The number of nitrogens with one attached hydrogen (secondary N) is 1. The molecule has 1 atom stereocenters. The molecule has 0 radical (unpaired) electrons. The summed E-state index contributed by atoms with van der Waals surface area (Å²) in [7, 11) is -0.359. The van der Waals surface area contributed by atoms with Crippen LogP contribution in [-0.4, -0.2) is 38.7 Å². The summed E-state index contributed by atoms with van der Waals surface area (Å²) in [6.07, 6.45) is 0.407. The first kappa shape index (κ1) is 14.7. The average molecular weight is 270 g/mol. The molecular formula is C12H18N2O3S. The van der Waals surface area contributed by atoms with E-state index >= 15 is 0 Å². The SMILES string of the molecule is CCC(N(C)C)S(=O)(=O)NC(=O)c1ccccc1. The van der Waals surface area contributed by atoms with E-state index in [4.69, 9.17) is 0 Å². The second-order valence-corrected chi connectivity index (χ2v) is 6.01. The first-order valence-corrected chi connectivity index (χ1v) is 7.20. The number of benzene rings is 1. The fourth-order valence-corrected chi connectivity index (χ4v) is 3.21. The van der Waals surface area contributed by atoms with Gasteiger partial charge in [0.05, 0.1) is 0 Å². The Morgan fingerprint density at radius 3 is 2.28 bits per heavy atom. The van der Waals surface area contributed by atoms with Crippen LogP contribution in [0.25, 0.3) is 0 Å². The van der Waals surface area contributed by atoms with Crippen LogP contribution in [0.4, 0.5) is 0 Å². The van der Waals surface area contributed by atoms with Gasteiger partial charge in [-0.3, -0.25) is 9.69 Å². The maximum absolute atomic E-state index is 12.0. The largest absolute Gasteiger partial charge is 0.292 e. The minimum Gasteiger partial charge on any atom is -0.292 e. The molecule has 0 saturated heterocycles. The molecule has 0 fully saturated rings. The number of nitrogens with zero attached hydrogens (tertiary/aromatic N) is 1. The number of amides is 1. The molecule has 1 rings (SSSR count). The molecule has 6 heteroatoms. The van der Waals surface area contributed by atoms with Gasteiger partial charge in [-0.1, -0.05) is 25.1 Å². The Morgan fingerprint density at radius 1 is 1.28 bits per heavy atom. The lowest BCUT2D eigenvalue weighted by atomic mass is 10.2. The Labute approximate surface area is 108 Å². The van der Waals surface area contributed by atoms with Gasteiger partial charge in [0.15, 0.2) is 0 Å². The third-order valence-corrected chi connectivity index (χ3v) is 4.50. The van der Waals surface area contributed by atoms with E-state index in [0.717, 1.165) is 0 Å². The van der Waals surface area contributed by atoms with Gasteiger partial charge in [0.1, 0.15) is 5.37 Å². The van der Waals surface area contributed by atoms with E-state index in [1.54, 1.807) is 56.3 Å². The van der Waals surface area contributed by atoms with E-state index in [1.165, 1.54) is 0 Å². The van der Waals surface area contributed by atoms with Gasteiger partial charge in [-0.15, -0.1) is 0 Å². The lowest BCUT2D eigenvalue weighted by Crippen LogP contribution is -2.44. The highest BCUT2D eigenvalue weighted by atomic mass is 32.2. The summed E-state index contributed by atoms with van der Waals surface area (Å²) in [5.41, 5.74) is 0.328. The third kappa shape index (κ3) is 3.54. The first-order valence-electron chi connectivity index (χ1n) is 5.66. The predicted octanol–water partition coefficient (Wildman–Crippen LogP) is 1.04. The molecule has 0 aliphatic carbocycles. The second-order valence-electron chi connectivity index (χ2n) is 4.17. The molecule has 0 saturated carbocycles. The summed E-state index contributed by atoms with van der Waals surface area (Å²) < 4.78 is 26.1. The summed E-state index contributed by atoms with van der Waals surface area (Å²) in [5, 5.41) is -0.717. The van der Waals surface area contributed by atoms with Crippen LogP contribution in [-0.2, 0) is 10.0 Å². The number of hydrogen-bond donors (Lipinski definition) is 1. The van der Waals surface area contributed by atoms with Gasteiger partial charge in [-0.25, -0.2) is 13.1 Å². The number of hydrogen-bond acceptors (Lipinski definition) is 4. The average Bonchev–Trinajstić information content (AvgIpc) is 2.29. The van der Waals surface area contributed by atoms with Gasteiger partial charge in [0.2, 0.25) is 0 Å². The molecule has 1 aromatic carbocycles. The van der Waals surface area contributed by atoms with E-state index < -0.39 is 21.3 Å². The standard InChI is InChI=1S/C12H18N2O3S/c1-4-11(14(2)3)18(16,17)13-12(15)10-8-6-5-7-9-10/h5-9,11H,4H2,1-3H3,(H,13,15). The Kier molecular flexibility index (Phi) is 4.86. The molecule has 1 amide bonds. The zero-order valence-corrected chi connectivity index (χ0v) is 11.6. The van der Waals surface area contributed by atoms with Crippen molar-refractivity contribution >= 4 is 15.9 Å². The van der Waals surface area contributed by atoms with Gasteiger partial charge in [-0.2, -0.15) is 0 Å². The van der Waals surface area contributed by atoms with Gasteiger partial charge in [0, 0.05) is 5.56 Å². The fourth-order valence-electron chi connectivity index (χ4n) is 1.71. The molecule has 0 aromatic heterocycles. The number of carbonyl (C=O) groups excluding carboxylic acids is 1. The van der Waals surface area contributed by atoms with Gasteiger partial charge in [-0.05, 0) is 32.6 Å². The summed E-state index contributed by atoms with van der Waals surface area (Å²) in [4.78, 5) is 13.4. The van der Waals surface area contributed by atoms with Crippen molar-refractivity contribution in [3.63, 3.8) is 0 Å². The number of sulfonamides is 1. The van der Waals surface area contributed by atoms with Crippen molar-refractivity contribution in [1.29, 1.82) is 0 Å². The minimum atomic E-state index is -3.69. The molecule has 0 heterocycles. The van der Waals surface area contributed by atoms with E-state index in [2.05, 4.69) is 4.72 Å². The zero-order valence-electron chi connectivity index (χ0n) is 10.8. The number of rotatable bonds is 5. The number of carbonyl (C=O) groups is 1. The Morgan fingerprint density at radius 2 is 1.83 bits per heavy atom. The van der Waals surface area contributed by atoms with Crippen LogP contribution in [0.1, 0.15) is 23.7 Å². The highest BCUT2D eigenvalue weighted by molar-refractivity contribution is 7.90. The molecule has 1 unspecified atom stereocenters. The molecule has 18 heavy (non-hydrogen) atoms. The van der Waals surface area contributed by atoms with Gasteiger partial charge < -0.3 is 0 Å². The van der Waals surface area contributed by atoms with Crippen molar-refractivity contribution in [2.45, 2.75) is 18.7 Å². The summed E-state index contributed by atoms with van der Waals surface area (Å²) >= 11 is 0. The Balaban J connectivity index is 2.87. The third-order valence-electron chi connectivity index (χ3n) is 2.55. The van der Waals surface area contributed by atoms with Crippen molar-refractivity contribution in [2.75, 3.05) is 14.1 Å². The smallest absolute Gasteiger partial charge is 0.264 e. The molecule has 1 N–H and O–H groups in total. The van der Waals surface area contributed by atoms with Crippen LogP contribution in [0.5, 0.6) is 0 Å². The monoisotopic (exact) mass is 270 g/mol. The van der Waals surface area contributed by atoms with E-state index in [0.29, 0.717) is 12.0 Å². The molecular weight excluding hydrogens is 252 g/mol. The van der Waals surface area contributed by atoms with E-state index in [9.17, 15) is 13.2 Å². The van der Waals surface area contributed by atoms with Crippen LogP contribution < -0.4 is 4.72 Å². The van der Waals surface area contributed by atoms with Crippen molar-refractivity contribution in [1.82, 2.24) is 9.62 Å². The molecule has 0 bridgehead atoms. The van der Waals surface area contributed by atoms with Gasteiger partial charge in [0.25, 0.3) is 15.9 Å². The Bertz CT molecular complexity index is 497. The van der Waals surface area contributed by atoms with Crippen LogP contribution >= 0.6 is 0 Å². The molecule has 100 valence electrons. The molecule has 0 spiro atoms. The second kappa shape index (κ2) is 5.97. The van der Waals surface area contributed by atoms with Crippen LogP contribution in [0.15, 0.2) is 30.3 Å². The lowest BCUT2D eigenvalue weighted by molar-refractivity contribution is 0.0980. The quantitative estimate of drug-likeness (QED) is 0.868. The summed E-state index contributed by atoms with van der Waals surface area (Å²) in [5.74, 6) is -0.601. The summed E-state index contributed by atoms with van der Waals surface area (Å²) in [6.45, 7) is 1.76. The molecule has 5 nitrogen and oxygen atoms in total. The van der Waals surface area contributed by atoms with E-state index in [1.807, 2.05) is 0 Å². The predicted molar refractivity (Wildman–Crippen MR) is 70.6 cm³/mol. The molecule has 0 aliphatic rings. The van der Waals surface area contributed by atoms with Gasteiger partial charge >= 0.3 is 0 Å². The fraction of sp³-hybridized carbons (Fsp3) is 0.417. The topological polar surface area (TPSA) is 66.5 Å². The molecule has 0 aliphatic heterocycles. The normalized spacial score (nSPS) is 13.3.